The summed E-state index contributed by atoms with van der Waals surface area (Å²) >= 11 is 1.49. The molecule has 0 aliphatic carbocycles. The number of hydrogen-bond acceptors (Lipinski definition) is 5. The lowest BCUT2D eigenvalue weighted by atomic mass is 10.2. The molecule has 0 saturated heterocycles. The first kappa shape index (κ1) is 18.8. The summed E-state index contributed by atoms with van der Waals surface area (Å²) in [5, 5.41) is 3.70. The van der Waals surface area contributed by atoms with Crippen LogP contribution in [0.1, 0.15) is 17.3 Å². The second-order valence-corrected chi connectivity index (χ2v) is 6.37. The SMILES string of the molecule is CCOc1ccc(Oc2ccccc2NC(=O)c2ccnc(SC)c2)cc1. The van der Waals surface area contributed by atoms with Gasteiger partial charge in [0.05, 0.1) is 17.3 Å². The van der Waals surface area contributed by atoms with E-state index in [1.54, 1.807) is 24.4 Å². The van der Waals surface area contributed by atoms with Crippen molar-refractivity contribution in [2.45, 2.75) is 11.9 Å². The molecule has 0 aliphatic heterocycles. The highest BCUT2D eigenvalue weighted by Crippen LogP contribution is 2.30. The third kappa shape index (κ3) is 5.01. The Morgan fingerprint density at radius 1 is 1.07 bits per heavy atom. The van der Waals surface area contributed by atoms with Gasteiger partial charge in [0.1, 0.15) is 11.5 Å². The predicted octanol–water partition coefficient (Wildman–Crippen LogP) is 5.25. The summed E-state index contributed by atoms with van der Waals surface area (Å²) in [6.45, 7) is 2.55. The van der Waals surface area contributed by atoms with Crippen molar-refractivity contribution in [2.24, 2.45) is 0 Å². The van der Waals surface area contributed by atoms with Crippen LogP contribution in [0.3, 0.4) is 0 Å². The van der Waals surface area contributed by atoms with Crippen LogP contribution in [0.25, 0.3) is 0 Å². The molecule has 1 amide bonds. The molecule has 0 aliphatic rings. The zero-order valence-corrected chi connectivity index (χ0v) is 16.0. The lowest BCUT2D eigenvalue weighted by Gasteiger charge is -2.13. The van der Waals surface area contributed by atoms with Crippen molar-refractivity contribution in [3.8, 4) is 17.2 Å². The summed E-state index contributed by atoms with van der Waals surface area (Å²) in [5.41, 5.74) is 1.14. The van der Waals surface area contributed by atoms with Crippen LogP contribution in [0.5, 0.6) is 17.2 Å². The minimum absolute atomic E-state index is 0.213. The lowest BCUT2D eigenvalue weighted by molar-refractivity contribution is 0.102. The number of para-hydroxylation sites is 2. The average Bonchev–Trinajstić information content (AvgIpc) is 2.71. The Bertz CT molecular complexity index is 913. The first-order chi connectivity index (χ1) is 13.2. The van der Waals surface area contributed by atoms with Gasteiger partial charge in [-0.1, -0.05) is 12.1 Å². The highest BCUT2D eigenvalue weighted by atomic mass is 32.2. The van der Waals surface area contributed by atoms with E-state index in [4.69, 9.17) is 9.47 Å². The minimum Gasteiger partial charge on any atom is -0.494 e. The predicted molar refractivity (Wildman–Crippen MR) is 108 cm³/mol. The molecule has 0 unspecified atom stereocenters. The number of anilines is 1. The Morgan fingerprint density at radius 3 is 2.56 bits per heavy atom. The second-order valence-electron chi connectivity index (χ2n) is 5.54. The zero-order chi connectivity index (χ0) is 19.1. The van der Waals surface area contributed by atoms with E-state index >= 15 is 0 Å². The minimum atomic E-state index is -0.213. The van der Waals surface area contributed by atoms with Gasteiger partial charge in [0, 0.05) is 11.8 Å². The van der Waals surface area contributed by atoms with Crippen LogP contribution < -0.4 is 14.8 Å². The number of rotatable bonds is 7. The van der Waals surface area contributed by atoms with E-state index in [0.29, 0.717) is 29.4 Å². The Labute approximate surface area is 162 Å². The Kier molecular flexibility index (Phi) is 6.33. The molecule has 138 valence electrons. The molecular formula is C21H20N2O3S. The van der Waals surface area contributed by atoms with Gasteiger partial charge >= 0.3 is 0 Å². The lowest BCUT2D eigenvalue weighted by Crippen LogP contribution is -2.12. The monoisotopic (exact) mass is 380 g/mol. The van der Waals surface area contributed by atoms with E-state index in [1.807, 2.05) is 55.6 Å². The van der Waals surface area contributed by atoms with Crippen LogP contribution >= 0.6 is 11.8 Å². The Morgan fingerprint density at radius 2 is 1.81 bits per heavy atom. The highest BCUT2D eigenvalue weighted by Gasteiger charge is 2.11. The van der Waals surface area contributed by atoms with E-state index in [1.165, 1.54) is 11.8 Å². The number of thioether (sulfide) groups is 1. The average molecular weight is 380 g/mol. The van der Waals surface area contributed by atoms with Gasteiger partial charge in [0.15, 0.2) is 5.75 Å². The van der Waals surface area contributed by atoms with Gasteiger partial charge in [-0.25, -0.2) is 4.98 Å². The maximum absolute atomic E-state index is 12.6. The fraction of sp³-hybridized carbons (Fsp3) is 0.143. The van der Waals surface area contributed by atoms with Crippen LogP contribution in [0.4, 0.5) is 5.69 Å². The van der Waals surface area contributed by atoms with Crippen LogP contribution in [-0.4, -0.2) is 23.8 Å². The molecule has 6 heteroatoms. The van der Waals surface area contributed by atoms with Crippen molar-refractivity contribution in [1.29, 1.82) is 0 Å². The highest BCUT2D eigenvalue weighted by molar-refractivity contribution is 7.98. The molecule has 27 heavy (non-hydrogen) atoms. The molecule has 3 rings (SSSR count). The molecule has 1 aromatic heterocycles. The number of aromatic nitrogens is 1. The van der Waals surface area contributed by atoms with Gasteiger partial charge in [-0.3, -0.25) is 4.79 Å². The van der Waals surface area contributed by atoms with Crippen molar-refractivity contribution in [2.75, 3.05) is 18.2 Å². The number of carbonyl (C=O) groups is 1. The molecule has 0 fully saturated rings. The van der Waals surface area contributed by atoms with Gasteiger partial charge < -0.3 is 14.8 Å². The van der Waals surface area contributed by atoms with E-state index in [-0.39, 0.29) is 5.91 Å². The van der Waals surface area contributed by atoms with Crippen molar-refractivity contribution in [1.82, 2.24) is 4.98 Å². The fourth-order valence-corrected chi connectivity index (χ4v) is 2.82. The number of carbonyl (C=O) groups excluding carboxylic acids is 1. The fourth-order valence-electron chi connectivity index (χ4n) is 2.41. The third-order valence-electron chi connectivity index (χ3n) is 3.70. The number of hydrogen-bond donors (Lipinski definition) is 1. The summed E-state index contributed by atoms with van der Waals surface area (Å²) in [4.78, 5) is 16.8. The number of benzene rings is 2. The Balaban J connectivity index is 1.76. The van der Waals surface area contributed by atoms with Gasteiger partial charge in [-0.05, 0) is 61.7 Å². The summed E-state index contributed by atoms with van der Waals surface area (Å²) in [6.07, 6.45) is 3.55. The van der Waals surface area contributed by atoms with Gasteiger partial charge in [0.25, 0.3) is 5.91 Å². The summed E-state index contributed by atoms with van der Waals surface area (Å²) in [5.74, 6) is 1.80. The normalized spacial score (nSPS) is 10.3. The maximum atomic E-state index is 12.6. The van der Waals surface area contributed by atoms with E-state index in [2.05, 4.69) is 10.3 Å². The molecule has 5 nitrogen and oxygen atoms in total. The first-order valence-electron chi connectivity index (χ1n) is 8.50. The molecule has 1 N–H and O–H groups in total. The molecule has 0 spiro atoms. The molecule has 0 bridgehead atoms. The Hall–Kier alpha value is -2.99. The van der Waals surface area contributed by atoms with Crippen molar-refractivity contribution in [3.63, 3.8) is 0 Å². The third-order valence-corrected chi connectivity index (χ3v) is 4.35. The largest absolute Gasteiger partial charge is 0.494 e. The number of amides is 1. The molecule has 3 aromatic rings. The van der Waals surface area contributed by atoms with E-state index in [0.717, 1.165) is 10.8 Å². The molecule has 1 heterocycles. The smallest absolute Gasteiger partial charge is 0.255 e. The first-order valence-corrected chi connectivity index (χ1v) is 9.73. The number of pyridine rings is 1. The van der Waals surface area contributed by atoms with Crippen LogP contribution in [0.2, 0.25) is 0 Å². The van der Waals surface area contributed by atoms with Crippen LogP contribution in [-0.2, 0) is 0 Å². The topological polar surface area (TPSA) is 60.5 Å². The number of nitrogens with zero attached hydrogens (tertiary/aromatic N) is 1. The molecule has 0 saturated carbocycles. The van der Waals surface area contributed by atoms with Crippen molar-refractivity contribution >= 4 is 23.4 Å². The van der Waals surface area contributed by atoms with Gasteiger partial charge in [-0.15, -0.1) is 11.8 Å². The van der Waals surface area contributed by atoms with Crippen molar-refractivity contribution < 1.29 is 14.3 Å². The summed E-state index contributed by atoms with van der Waals surface area (Å²) in [7, 11) is 0. The van der Waals surface area contributed by atoms with E-state index < -0.39 is 0 Å². The van der Waals surface area contributed by atoms with Crippen LogP contribution in [0.15, 0.2) is 71.9 Å². The molecule has 2 aromatic carbocycles. The van der Waals surface area contributed by atoms with Crippen LogP contribution in [0, 0.1) is 0 Å². The maximum Gasteiger partial charge on any atom is 0.255 e. The number of nitrogens with one attached hydrogen (secondary N) is 1. The molecule has 0 radical (unpaired) electrons. The number of ether oxygens (including phenoxy) is 2. The standard InChI is InChI=1S/C21H20N2O3S/c1-3-25-16-8-10-17(11-9-16)26-19-7-5-4-6-18(19)23-21(24)15-12-13-22-20(14-15)27-2/h4-14H,3H2,1-2H3,(H,23,24). The summed E-state index contributed by atoms with van der Waals surface area (Å²) in [6, 6.07) is 18.1. The van der Waals surface area contributed by atoms with Crippen molar-refractivity contribution in [3.05, 3.63) is 72.4 Å². The van der Waals surface area contributed by atoms with Gasteiger partial charge in [0.2, 0.25) is 0 Å². The molecule has 0 atom stereocenters. The van der Waals surface area contributed by atoms with E-state index in [9.17, 15) is 4.79 Å². The van der Waals surface area contributed by atoms with Gasteiger partial charge in [-0.2, -0.15) is 0 Å². The molecular weight excluding hydrogens is 360 g/mol. The zero-order valence-electron chi connectivity index (χ0n) is 15.1. The quantitative estimate of drug-likeness (QED) is 0.568. The second kappa shape index (κ2) is 9.09. The summed E-state index contributed by atoms with van der Waals surface area (Å²) < 4.78 is 11.4.